The minimum absolute atomic E-state index is 0.0190. The molecule has 0 saturated heterocycles. The van der Waals surface area contributed by atoms with Gasteiger partial charge in [0, 0.05) is 16.1 Å². The first-order chi connectivity index (χ1) is 9.42. The van der Waals surface area contributed by atoms with Crippen molar-refractivity contribution in [1.82, 2.24) is 10.2 Å². The second-order valence-electron chi connectivity index (χ2n) is 4.96. The highest BCUT2D eigenvalue weighted by Gasteiger charge is 2.15. The van der Waals surface area contributed by atoms with Crippen molar-refractivity contribution in [3.63, 3.8) is 0 Å². The van der Waals surface area contributed by atoms with Gasteiger partial charge in [0.05, 0.1) is 13.1 Å². The lowest BCUT2D eigenvalue weighted by atomic mass is 10.1. The van der Waals surface area contributed by atoms with Crippen molar-refractivity contribution in [3.8, 4) is 0 Å². The molecular formula is C15H21BrN2O2. The number of rotatable bonds is 7. The fraction of sp³-hybridized carbons (Fsp3) is 0.467. The Balaban J connectivity index is 2.60. The number of Topliss-reactive ketones (excluding diaryl/α,β-unsaturated/α-hetero) is 1. The second kappa shape index (κ2) is 8.17. The summed E-state index contributed by atoms with van der Waals surface area (Å²) >= 11 is 3.35. The molecule has 0 aliphatic rings. The summed E-state index contributed by atoms with van der Waals surface area (Å²) in [6.07, 6.45) is 0. The number of benzene rings is 1. The summed E-state index contributed by atoms with van der Waals surface area (Å²) in [7, 11) is 0. The number of hydrogen-bond acceptors (Lipinski definition) is 3. The fourth-order valence-electron chi connectivity index (χ4n) is 1.81. The van der Waals surface area contributed by atoms with E-state index in [2.05, 4.69) is 21.2 Å². The van der Waals surface area contributed by atoms with Gasteiger partial charge in [0.1, 0.15) is 0 Å². The average molecular weight is 341 g/mol. The van der Waals surface area contributed by atoms with Gasteiger partial charge < -0.3 is 5.32 Å². The zero-order valence-corrected chi connectivity index (χ0v) is 13.7. The SMILES string of the molecule is CCN(CC(=O)NC(C)C)CC(=O)c1cccc(Br)c1. The summed E-state index contributed by atoms with van der Waals surface area (Å²) in [4.78, 5) is 25.7. The fourth-order valence-corrected chi connectivity index (χ4v) is 2.21. The van der Waals surface area contributed by atoms with Crippen molar-refractivity contribution in [1.29, 1.82) is 0 Å². The number of hydrogen-bond donors (Lipinski definition) is 1. The van der Waals surface area contributed by atoms with Crippen molar-refractivity contribution in [2.45, 2.75) is 26.8 Å². The highest BCUT2D eigenvalue weighted by atomic mass is 79.9. The minimum Gasteiger partial charge on any atom is -0.353 e. The third-order valence-corrected chi connectivity index (χ3v) is 3.27. The van der Waals surface area contributed by atoms with Gasteiger partial charge in [-0.05, 0) is 32.5 Å². The van der Waals surface area contributed by atoms with Crippen LogP contribution >= 0.6 is 15.9 Å². The van der Waals surface area contributed by atoms with E-state index in [1.54, 1.807) is 12.1 Å². The third kappa shape index (κ3) is 5.84. The lowest BCUT2D eigenvalue weighted by Crippen LogP contribution is -2.41. The van der Waals surface area contributed by atoms with Gasteiger partial charge in [0.25, 0.3) is 0 Å². The number of nitrogens with one attached hydrogen (secondary N) is 1. The minimum atomic E-state index is -0.0520. The Hall–Kier alpha value is -1.20. The Labute approximate surface area is 128 Å². The zero-order valence-electron chi connectivity index (χ0n) is 12.1. The molecule has 1 rings (SSSR count). The number of halogens is 1. The smallest absolute Gasteiger partial charge is 0.234 e. The molecule has 4 nitrogen and oxygen atoms in total. The maximum Gasteiger partial charge on any atom is 0.234 e. The van der Waals surface area contributed by atoms with Crippen molar-refractivity contribution in [3.05, 3.63) is 34.3 Å². The summed E-state index contributed by atoms with van der Waals surface area (Å²) < 4.78 is 0.879. The first kappa shape index (κ1) is 16.9. The summed E-state index contributed by atoms with van der Waals surface area (Å²) in [6, 6.07) is 7.41. The Kier molecular flexibility index (Phi) is 6.88. The molecule has 1 aromatic carbocycles. The normalized spacial score (nSPS) is 10.9. The Bertz CT molecular complexity index is 475. The number of amides is 1. The molecule has 1 amide bonds. The predicted octanol–water partition coefficient (Wildman–Crippen LogP) is 2.48. The summed E-state index contributed by atoms with van der Waals surface area (Å²) in [6.45, 7) is 6.93. The van der Waals surface area contributed by atoms with E-state index in [0.29, 0.717) is 12.1 Å². The lowest BCUT2D eigenvalue weighted by molar-refractivity contribution is -0.122. The maximum absolute atomic E-state index is 12.2. The molecule has 1 N–H and O–H groups in total. The van der Waals surface area contributed by atoms with Gasteiger partial charge in [-0.1, -0.05) is 35.0 Å². The molecule has 20 heavy (non-hydrogen) atoms. The van der Waals surface area contributed by atoms with E-state index in [1.165, 1.54) is 0 Å². The van der Waals surface area contributed by atoms with Gasteiger partial charge in [0.2, 0.25) is 5.91 Å². The average Bonchev–Trinajstić information content (AvgIpc) is 2.36. The van der Waals surface area contributed by atoms with Crippen molar-refractivity contribution in [2.75, 3.05) is 19.6 Å². The number of ketones is 1. The summed E-state index contributed by atoms with van der Waals surface area (Å²) in [5, 5.41) is 2.83. The molecule has 0 atom stereocenters. The monoisotopic (exact) mass is 340 g/mol. The van der Waals surface area contributed by atoms with E-state index in [0.717, 1.165) is 4.47 Å². The first-order valence-corrected chi connectivity index (χ1v) is 7.52. The highest BCUT2D eigenvalue weighted by molar-refractivity contribution is 9.10. The van der Waals surface area contributed by atoms with Gasteiger partial charge in [-0.2, -0.15) is 0 Å². The van der Waals surface area contributed by atoms with Crippen LogP contribution in [0.5, 0.6) is 0 Å². The van der Waals surface area contributed by atoms with E-state index in [4.69, 9.17) is 0 Å². The molecule has 0 fully saturated rings. The van der Waals surface area contributed by atoms with Gasteiger partial charge in [-0.25, -0.2) is 0 Å². The van der Waals surface area contributed by atoms with Crippen LogP contribution < -0.4 is 5.32 Å². The number of carbonyl (C=O) groups is 2. The van der Waals surface area contributed by atoms with Crippen LogP contribution in [0.1, 0.15) is 31.1 Å². The molecule has 5 heteroatoms. The van der Waals surface area contributed by atoms with E-state index in [1.807, 2.05) is 37.8 Å². The topological polar surface area (TPSA) is 49.4 Å². The summed E-state index contributed by atoms with van der Waals surface area (Å²) in [5.74, 6) is -0.0330. The van der Waals surface area contributed by atoms with Crippen molar-refractivity contribution < 1.29 is 9.59 Å². The van der Waals surface area contributed by atoms with Crippen LogP contribution in [0.2, 0.25) is 0 Å². The third-order valence-electron chi connectivity index (χ3n) is 2.78. The maximum atomic E-state index is 12.2. The molecule has 0 spiro atoms. The van der Waals surface area contributed by atoms with Gasteiger partial charge in [-0.15, -0.1) is 0 Å². The first-order valence-electron chi connectivity index (χ1n) is 6.72. The Morgan fingerprint density at radius 1 is 1.30 bits per heavy atom. The Morgan fingerprint density at radius 3 is 2.55 bits per heavy atom. The van der Waals surface area contributed by atoms with Crippen LogP contribution in [0.4, 0.5) is 0 Å². The molecule has 0 aliphatic carbocycles. The van der Waals surface area contributed by atoms with E-state index < -0.39 is 0 Å². The standard InChI is InChI=1S/C15H21BrN2O2/c1-4-18(10-15(20)17-11(2)3)9-14(19)12-6-5-7-13(16)8-12/h5-8,11H,4,9-10H2,1-3H3,(H,17,20). The van der Waals surface area contributed by atoms with Crippen LogP contribution in [-0.4, -0.2) is 42.3 Å². The molecule has 0 bridgehead atoms. The molecular weight excluding hydrogens is 320 g/mol. The molecule has 0 radical (unpaired) electrons. The largest absolute Gasteiger partial charge is 0.353 e. The number of carbonyl (C=O) groups excluding carboxylic acids is 2. The molecule has 0 unspecified atom stereocenters. The molecule has 0 aromatic heterocycles. The molecule has 1 aromatic rings. The van der Waals surface area contributed by atoms with E-state index in [-0.39, 0.29) is 30.8 Å². The molecule has 0 saturated carbocycles. The predicted molar refractivity (Wildman–Crippen MR) is 83.9 cm³/mol. The zero-order chi connectivity index (χ0) is 15.1. The van der Waals surface area contributed by atoms with Gasteiger partial charge in [-0.3, -0.25) is 14.5 Å². The van der Waals surface area contributed by atoms with Crippen LogP contribution in [0.25, 0.3) is 0 Å². The lowest BCUT2D eigenvalue weighted by Gasteiger charge is -2.20. The van der Waals surface area contributed by atoms with E-state index in [9.17, 15) is 9.59 Å². The molecule has 110 valence electrons. The van der Waals surface area contributed by atoms with Crippen LogP contribution in [0.3, 0.4) is 0 Å². The number of nitrogens with zero attached hydrogens (tertiary/aromatic N) is 1. The van der Waals surface area contributed by atoms with Crippen LogP contribution in [0, 0.1) is 0 Å². The highest BCUT2D eigenvalue weighted by Crippen LogP contribution is 2.12. The molecule has 0 heterocycles. The quantitative estimate of drug-likeness (QED) is 0.775. The van der Waals surface area contributed by atoms with Gasteiger partial charge in [0.15, 0.2) is 5.78 Å². The van der Waals surface area contributed by atoms with Gasteiger partial charge >= 0.3 is 0 Å². The van der Waals surface area contributed by atoms with Crippen LogP contribution in [0.15, 0.2) is 28.7 Å². The summed E-state index contributed by atoms with van der Waals surface area (Å²) in [5.41, 5.74) is 0.655. The van der Waals surface area contributed by atoms with Crippen LogP contribution in [-0.2, 0) is 4.79 Å². The Morgan fingerprint density at radius 2 is 2.00 bits per heavy atom. The van der Waals surface area contributed by atoms with Crippen molar-refractivity contribution in [2.24, 2.45) is 0 Å². The van der Waals surface area contributed by atoms with Crippen molar-refractivity contribution >= 4 is 27.6 Å². The number of likely N-dealkylation sites (N-methyl/N-ethyl adjacent to an activating group) is 1. The van der Waals surface area contributed by atoms with E-state index >= 15 is 0 Å². The second-order valence-corrected chi connectivity index (χ2v) is 5.87. The molecule has 0 aliphatic heterocycles.